The van der Waals surface area contributed by atoms with Crippen LogP contribution in [-0.2, 0) is 22.4 Å². The summed E-state index contributed by atoms with van der Waals surface area (Å²) in [6, 6.07) is 3.89. The normalized spacial score (nSPS) is 13.2. The van der Waals surface area contributed by atoms with Gasteiger partial charge in [0.25, 0.3) is 0 Å². The second-order valence-electron chi connectivity index (χ2n) is 4.71. The van der Waals surface area contributed by atoms with Crippen molar-refractivity contribution in [2.45, 2.75) is 19.3 Å². The molecule has 0 radical (unpaired) electrons. The third-order valence-corrected chi connectivity index (χ3v) is 4.37. The average molecular weight is 289 g/mol. The monoisotopic (exact) mass is 289 g/mol. The molecule has 2 aromatic rings. The van der Waals surface area contributed by atoms with E-state index in [1.165, 1.54) is 27.8 Å². The van der Waals surface area contributed by atoms with Crippen molar-refractivity contribution in [3.05, 3.63) is 38.9 Å². The van der Waals surface area contributed by atoms with Crippen LogP contribution >= 0.6 is 11.3 Å². The smallest absolute Gasteiger partial charge is 0.394 e. The van der Waals surface area contributed by atoms with Gasteiger partial charge in [0.15, 0.2) is 0 Å². The van der Waals surface area contributed by atoms with E-state index in [1.807, 2.05) is 12.1 Å². The van der Waals surface area contributed by atoms with Crippen LogP contribution in [0, 0.1) is 0 Å². The molecule has 0 spiro atoms. The highest BCUT2D eigenvalue weighted by atomic mass is 32.1. The van der Waals surface area contributed by atoms with Gasteiger partial charge >= 0.3 is 11.9 Å². The average Bonchev–Trinajstić information content (AvgIpc) is 2.87. The number of carbonyl (C=O) groups excluding carboxylic acids is 1. The summed E-state index contributed by atoms with van der Waals surface area (Å²) in [5.74, 6) is -2.81. The summed E-state index contributed by atoms with van der Waals surface area (Å²) in [4.78, 5) is 33.9. The van der Waals surface area contributed by atoms with Crippen LogP contribution in [-0.4, -0.2) is 17.0 Å². The molecule has 1 aromatic carbocycles. The van der Waals surface area contributed by atoms with Gasteiger partial charge < -0.3 is 10.4 Å². The van der Waals surface area contributed by atoms with Crippen LogP contribution in [0.25, 0.3) is 10.1 Å². The lowest BCUT2D eigenvalue weighted by Gasteiger charge is -2.05. The van der Waals surface area contributed by atoms with Crippen molar-refractivity contribution in [1.29, 1.82) is 0 Å². The summed E-state index contributed by atoms with van der Waals surface area (Å²) >= 11 is 1.33. The molecule has 0 saturated carbocycles. The number of aliphatic carboxylic acids is 1. The van der Waals surface area contributed by atoms with Crippen LogP contribution in [0.4, 0.5) is 5.69 Å². The molecule has 0 unspecified atom stereocenters. The first kappa shape index (κ1) is 12.8. The predicted molar refractivity (Wildman–Crippen MR) is 76.4 cm³/mol. The van der Waals surface area contributed by atoms with Gasteiger partial charge in [0.2, 0.25) is 5.43 Å². The number of fused-ring (bicyclic) bond motifs is 2. The van der Waals surface area contributed by atoms with Crippen LogP contribution in [0.1, 0.15) is 17.5 Å². The Morgan fingerprint density at radius 1 is 1.20 bits per heavy atom. The van der Waals surface area contributed by atoms with Crippen molar-refractivity contribution in [1.82, 2.24) is 0 Å². The molecule has 5 nitrogen and oxygen atoms in total. The second kappa shape index (κ2) is 4.72. The third-order valence-electron chi connectivity index (χ3n) is 3.43. The first-order valence-electron chi connectivity index (χ1n) is 6.18. The van der Waals surface area contributed by atoms with Gasteiger partial charge in [-0.25, -0.2) is 4.79 Å². The van der Waals surface area contributed by atoms with Gasteiger partial charge in [0.1, 0.15) is 0 Å². The molecule has 0 fully saturated rings. The van der Waals surface area contributed by atoms with Gasteiger partial charge in [-0.2, -0.15) is 0 Å². The quantitative estimate of drug-likeness (QED) is 0.784. The molecule has 1 aliphatic rings. The minimum atomic E-state index is -1.61. The largest absolute Gasteiger partial charge is 0.474 e. The Hall–Kier alpha value is -2.21. The lowest BCUT2D eigenvalue weighted by Crippen LogP contribution is -2.25. The highest BCUT2D eigenvalue weighted by Crippen LogP contribution is 2.28. The van der Waals surface area contributed by atoms with Crippen LogP contribution in [0.5, 0.6) is 0 Å². The lowest BCUT2D eigenvalue weighted by atomic mass is 10.1. The van der Waals surface area contributed by atoms with Crippen molar-refractivity contribution in [2.24, 2.45) is 0 Å². The molecule has 0 bridgehead atoms. The lowest BCUT2D eigenvalue weighted by molar-refractivity contribution is -0.147. The number of hydrogen-bond donors (Lipinski definition) is 2. The topological polar surface area (TPSA) is 83.5 Å². The van der Waals surface area contributed by atoms with Gasteiger partial charge in [-0.05, 0) is 42.5 Å². The van der Waals surface area contributed by atoms with Crippen LogP contribution in [0.15, 0.2) is 22.3 Å². The van der Waals surface area contributed by atoms with Gasteiger partial charge in [-0.3, -0.25) is 9.59 Å². The molecule has 0 atom stereocenters. The zero-order valence-corrected chi connectivity index (χ0v) is 11.3. The zero-order chi connectivity index (χ0) is 14.3. The highest BCUT2D eigenvalue weighted by Gasteiger charge is 2.17. The van der Waals surface area contributed by atoms with Crippen molar-refractivity contribution >= 4 is 39.0 Å². The fraction of sp³-hybridized carbons (Fsp3) is 0.214. The molecule has 102 valence electrons. The number of anilines is 1. The summed E-state index contributed by atoms with van der Waals surface area (Å²) in [5.41, 5.74) is 2.13. The summed E-state index contributed by atoms with van der Waals surface area (Å²) < 4.78 is 0.865. The Kier molecular flexibility index (Phi) is 3.02. The number of carboxylic acids is 1. The van der Waals surface area contributed by atoms with Crippen molar-refractivity contribution in [2.75, 3.05) is 5.32 Å². The number of hydrogen-bond acceptors (Lipinski definition) is 4. The maximum Gasteiger partial charge on any atom is 0.394 e. The van der Waals surface area contributed by atoms with Gasteiger partial charge in [0.05, 0.1) is 5.69 Å². The first-order valence-corrected chi connectivity index (χ1v) is 7.06. The Labute approximate surface area is 117 Å². The van der Waals surface area contributed by atoms with Crippen LogP contribution in [0.3, 0.4) is 0 Å². The predicted octanol–water partition coefficient (Wildman–Crippen LogP) is 1.77. The molecular formula is C14H11NO4S. The van der Waals surface area contributed by atoms with E-state index in [-0.39, 0.29) is 11.1 Å². The van der Waals surface area contributed by atoms with E-state index in [1.54, 1.807) is 0 Å². The minimum absolute atomic E-state index is 0.0212. The van der Waals surface area contributed by atoms with E-state index in [2.05, 4.69) is 5.32 Å². The van der Waals surface area contributed by atoms with E-state index in [4.69, 9.17) is 5.11 Å². The third kappa shape index (κ3) is 2.08. The minimum Gasteiger partial charge on any atom is -0.474 e. The van der Waals surface area contributed by atoms with Gasteiger partial charge in [0, 0.05) is 15.5 Å². The number of carbonyl (C=O) groups is 2. The van der Waals surface area contributed by atoms with Crippen LogP contribution in [0.2, 0.25) is 0 Å². The van der Waals surface area contributed by atoms with Crippen molar-refractivity contribution in [3.8, 4) is 0 Å². The van der Waals surface area contributed by atoms with E-state index < -0.39 is 11.9 Å². The van der Waals surface area contributed by atoms with E-state index in [9.17, 15) is 14.4 Å². The van der Waals surface area contributed by atoms with Gasteiger partial charge in [-0.1, -0.05) is 0 Å². The number of aryl methyl sites for hydroxylation is 2. The van der Waals surface area contributed by atoms with E-state index in [0.717, 1.165) is 24.0 Å². The Morgan fingerprint density at radius 3 is 2.60 bits per heavy atom. The molecule has 1 amide bonds. The summed E-state index contributed by atoms with van der Waals surface area (Å²) in [5, 5.41) is 12.7. The zero-order valence-electron chi connectivity index (χ0n) is 10.4. The first-order chi connectivity index (χ1) is 9.56. The molecule has 0 saturated heterocycles. The Balaban J connectivity index is 2.11. The molecule has 20 heavy (non-hydrogen) atoms. The van der Waals surface area contributed by atoms with E-state index >= 15 is 0 Å². The number of rotatable bonds is 1. The molecule has 1 aliphatic carbocycles. The molecule has 1 heterocycles. The maximum atomic E-state index is 12.3. The number of benzene rings is 1. The fourth-order valence-electron chi connectivity index (χ4n) is 2.46. The molecule has 0 aliphatic heterocycles. The molecule has 6 heteroatoms. The molecular weight excluding hydrogens is 278 g/mol. The second-order valence-corrected chi connectivity index (χ2v) is 5.62. The standard InChI is InChI=1S/C14H11NO4S/c16-12-9-4-7-2-1-3-8(7)5-11(9)20-6-10(12)15-13(17)14(18)19/h4-6H,1-3H2,(H,15,17)(H,18,19). The number of nitrogens with one attached hydrogen (secondary N) is 1. The molecule has 2 N–H and O–H groups in total. The fourth-order valence-corrected chi connectivity index (χ4v) is 3.36. The number of amides is 1. The molecule has 1 aromatic heterocycles. The summed E-state index contributed by atoms with van der Waals surface area (Å²) in [7, 11) is 0. The SMILES string of the molecule is O=C(O)C(=O)Nc1csc2cc3c(cc2c1=O)CCC3. The van der Waals surface area contributed by atoms with Gasteiger partial charge in [-0.15, -0.1) is 11.3 Å². The Bertz CT molecular complexity index is 794. The Morgan fingerprint density at radius 2 is 1.90 bits per heavy atom. The van der Waals surface area contributed by atoms with Crippen molar-refractivity contribution in [3.63, 3.8) is 0 Å². The van der Waals surface area contributed by atoms with Crippen LogP contribution < -0.4 is 10.7 Å². The summed E-state index contributed by atoms with van der Waals surface area (Å²) in [6.45, 7) is 0. The molecule has 3 rings (SSSR count). The summed E-state index contributed by atoms with van der Waals surface area (Å²) in [6.07, 6.45) is 3.08. The van der Waals surface area contributed by atoms with Crippen molar-refractivity contribution < 1.29 is 14.7 Å². The maximum absolute atomic E-state index is 12.3. The highest BCUT2D eigenvalue weighted by molar-refractivity contribution is 7.16. The van der Waals surface area contributed by atoms with E-state index in [0.29, 0.717) is 5.39 Å². The number of carboxylic acid groups (broad SMARTS) is 1.